The molecule has 0 radical (unpaired) electrons. The highest BCUT2D eigenvalue weighted by Crippen LogP contribution is 2.31. The Labute approximate surface area is 129 Å². The molecule has 22 heavy (non-hydrogen) atoms. The predicted molar refractivity (Wildman–Crippen MR) is 84.9 cm³/mol. The van der Waals surface area contributed by atoms with Crippen molar-refractivity contribution in [3.63, 3.8) is 0 Å². The number of amides is 1. The summed E-state index contributed by atoms with van der Waals surface area (Å²) in [6.45, 7) is 2.18. The van der Waals surface area contributed by atoms with E-state index in [9.17, 15) is 4.79 Å². The number of para-hydroxylation sites is 1. The van der Waals surface area contributed by atoms with Gasteiger partial charge in [0.05, 0.1) is 6.20 Å². The van der Waals surface area contributed by atoms with Crippen LogP contribution < -0.4 is 10.6 Å². The van der Waals surface area contributed by atoms with Crippen molar-refractivity contribution >= 4 is 11.6 Å². The van der Waals surface area contributed by atoms with E-state index in [2.05, 4.69) is 15.6 Å². The number of hydrogen-bond acceptors (Lipinski definition) is 3. The van der Waals surface area contributed by atoms with Gasteiger partial charge in [0.2, 0.25) is 0 Å². The Kier molecular flexibility index (Phi) is 3.22. The molecular formula is C17H20N4O. The summed E-state index contributed by atoms with van der Waals surface area (Å²) in [4.78, 5) is 19.4. The van der Waals surface area contributed by atoms with Crippen LogP contribution in [0.4, 0.5) is 5.69 Å². The second kappa shape index (κ2) is 5.25. The van der Waals surface area contributed by atoms with Gasteiger partial charge in [-0.05, 0) is 36.9 Å². The van der Waals surface area contributed by atoms with Gasteiger partial charge in [-0.1, -0.05) is 18.2 Å². The van der Waals surface area contributed by atoms with Gasteiger partial charge < -0.3 is 15.2 Å². The maximum atomic E-state index is 13.1. The van der Waals surface area contributed by atoms with E-state index in [-0.39, 0.29) is 5.91 Å². The Morgan fingerprint density at radius 2 is 2.23 bits per heavy atom. The molecular weight excluding hydrogens is 276 g/mol. The normalized spacial score (nSPS) is 19.9. The fourth-order valence-corrected chi connectivity index (χ4v) is 3.60. The van der Waals surface area contributed by atoms with Gasteiger partial charge in [0, 0.05) is 25.2 Å². The zero-order chi connectivity index (χ0) is 15.1. The van der Waals surface area contributed by atoms with Gasteiger partial charge in [-0.3, -0.25) is 4.79 Å². The molecule has 1 unspecified atom stereocenters. The van der Waals surface area contributed by atoms with Crippen LogP contribution in [0.2, 0.25) is 0 Å². The summed E-state index contributed by atoms with van der Waals surface area (Å²) in [6.07, 6.45) is 4.72. The molecule has 0 saturated carbocycles. The van der Waals surface area contributed by atoms with Crippen molar-refractivity contribution in [2.24, 2.45) is 11.7 Å². The summed E-state index contributed by atoms with van der Waals surface area (Å²) in [5, 5.41) is 0. The molecule has 2 aliphatic rings. The highest BCUT2D eigenvalue weighted by Gasteiger charge is 2.31. The van der Waals surface area contributed by atoms with E-state index in [1.807, 2.05) is 23.1 Å². The summed E-state index contributed by atoms with van der Waals surface area (Å²) in [6, 6.07) is 8.14. The lowest BCUT2D eigenvalue weighted by molar-refractivity contribution is 0.0972. The third-order valence-corrected chi connectivity index (χ3v) is 4.75. The quantitative estimate of drug-likeness (QED) is 0.915. The third kappa shape index (κ3) is 2.04. The fraction of sp³-hybridized carbons (Fsp3) is 0.412. The van der Waals surface area contributed by atoms with Crippen LogP contribution in [0.5, 0.6) is 0 Å². The highest BCUT2D eigenvalue weighted by molar-refractivity contribution is 6.05. The number of fused-ring (bicyclic) bond motifs is 2. The summed E-state index contributed by atoms with van der Waals surface area (Å²) in [5.74, 6) is 1.40. The summed E-state index contributed by atoms with van der Waals surface area (Å²) >= 11 is 0. The maximum absolute atomic E-state index is 13.1. The van der Waals surface area contributed by atoms with E-state index in [1.54, 1.807) is 6.20 Å². The molecule has 2 aromatic rings. The molecule has 4 rings (SSSR count). The van der Waals surface area contributed by atoms with Gasteiger partial charge in [-0.2, -0.15) is 0 Å². The smallest absolute Gasteiger partial charge is 0.276 e. The van der Waals surface area contributed by atoms with Crippen molar-refractivity contribution in [2.45, 2.75) is 25.8 Å². The van der Waals surface area contributed by atoms with Crippen LogP contribution >= 0.6 is 0 Å². The van der Waals surface area contributed by atoms with E-state index < -0.39 is 0 Å². The van der Waals surface area contributed by atoms with Crippen LogP contribution in [0.25, 0.3) is 0 Å². The third-order valence-electron chi connectivity index (χ3n) is 4.75. The van der Waals surface area contributed by atoms with Crippen LogP contribution in [0.3, 0.4) is 0 Å². The number of nitrogens with zero attached hydrogens (tertiary/aromatic N) is 3. The van der Waals surface area contributed by atoms with Crippen LogP contribution in [0.1, 0.15) is 28.3 Å². The maximum Gasteiger partial charge on any atom is 0.276 e. The lowest BCUT2D eigenvalue weighted by Crippen LogP contribution is -2.43. The molecule has 1 amide bonds. The summed E-state index contributed by atoms with van der Waals surface area (Å²) in [5.41, 5.74) is 8.81. The Hall–Kier alpha value is -2.14. The van der Waals surface area contributed by atoms with Crippen molar-refractivity contribution in [3.05, 3.63) is 47.5 Å². The van der Waals surface area contributed by atoms with Crippen LogP contribution in [-0.4, -0.2) is 28.5 Å². The number of carbonyl (C=O) groups excluding carboxylic acids is 1. The minimum absolute atomic E-state index is 0.0475. The first-order chi connectivity index (χ1) is 10.8. The minimum Gasteiger partial charge on any atom is -0.330 e. The molecule has 0 fully saturated rings. The Bertz CT molecular complexity index is 721. The van der Waals surface area contributed by atoms with Crippen LogP contribution in [0, 0.1) is 5.92 Å². The first-order valence-electron chi connectivity index (χ1n) is 7.92. The zero-order valence-electron chi connectivity index (χ0n) is 12.5. The first-order valence-corrected chi connectivity index (χ1v) is 7.92. The Morgan fingerprint density at radius 3 is 3.09 bits per heavy atom. The minimum atomic E-state index is 0.0475. The summed E-state index contributed by atoms with van der Waals surface area (Å²) < 4.78 is 2.07. The Morgan fingerprint density at radius 1 is 1.36 bits per heavy atom. The molecule has 5 nitrogen and oxygen atoms in total. The van der Waals surface area contributed by atoms with Crippen molar-refractivity contribution < 1.29 is 4.79 Å². The number of nitrogens with two attached hydrogens (primary N) is 1. The topological polar surface area (TPSA) is 64.2 Å². The second-order valence-electron chi connectivity index (χ2n) is 6.17. The molecule has 0 bridgehead atoms. The molecule has 3 heterocycles. The van der Waals surface area contributed by atoms with Crippen molar-refractivity contribution in [1.29, 1.82) is 0 Å². The van der Waals surface area contributed by atoms with E-state index in [1.165, 1.54) is 5.56 Å². The number of carbonyl (C=O) groups is 1. The lowest BCUT2D eigenvalue weighted by atomic mass is 9.92. The molecule has 114 valence electrons. The van der Waals surface area contributed by atoms with Gasteiger partial charge in [-0.25, -0.2) is 4.98 Å². The van der Waals surface area contributed by atoms with Crippen LogP contribution in [0.15, 0.2) is 30.5 Å². The van der Waals surface area contributed by atoms with E-state index in [0.717, 1.165) is 37.3 Å². The van der Waals surface area contributed by atoms with Gasteiger partial charge in [0.15, 0.2) is 0 Å². The monoisotopic (exact) mass is 296 g/mol. The lowest BCUT2D eigenvalue weighted by Gasteiger charge is -2.34. The van der Waals surface area contributed by atoms with Gasteiger partial charge >= 0.3 is 0 Å². The van der Waals surface area contributed by atoms with Gasteiger partial charge in [-0.15, -0.1) is 0 Å². The first kappa shape index (κ1) is 13.5. The number of anilines is 1. The zero-order valence-corrected chi connectivity index (χ0v) is 12.5. The van der Waals surface area contributed by atoms with Crippen LogP contribution in [-0.2, 0) is 19.4 Å². The Balaban J connectivity index is 1.73. The number of hydrogen-bond donors (Lipinski definition) is 1. The number of benzene rings is 1. The highest BCUT2D eigenvalue weighted by atomic mass is 16.2. The number of imidazole rings is 1. The average Bonchev–Trinajstić information content (AvgIpc) is 3.16. The molecule has 2 aliphatic heterocycles. The van der Waals surface area contributed by atoms with Gasteiger partial charge in [0.1, 0.15) is 11.5 Å². The van der Waals surface area contributed by atoms with E-state index >= 15 is 0 Å². The molecule has 1 aromatic carbocycles. The van der Waals surface area contributed by atoms with Crippen molar-refractivity contribution in [3.8, 4) is 0 Å². The fourth-order valence-electron chi connectivity index (χ4n) is 3.60. The SMILES string of the molecule is NCC1Cc2ccccc2N(C(=O)c2cnc3n2CCC3)C1. The molecule has 0 aliphatic carbocycles. The molecule has 1 atom stereocenters. The largest absolute Gasteiger partial charge is 0.330 e. The molecule has 0 saturated heterocycles. The molecule has 0 spiro atoms. The molecule has 2 N–H and O–H groups in total. The second-order valence-corrected chi connectivity index (χ2v) is 6.17. The number of rotatable bonds is 2. The number of aromatic nitrogens is 2. The predicted octanol–water partition coefficient (Wildman–Crippen LogP) is 1.61. The van der Waals surface area contributed by atoms with Crippen molar-refractivity contribution in [1.82, 2.24) is 9.55 Å². The standard InChI is InChI=1S/C17H20N4O/c18-9-12-8-13-4-1-2-5-14(13)21(11-12)17(22)15-10-19-16-6-3-7-20(15)16/h1-2,4-5,10,12H,3,6-9,11,18H2. The summed E-state index contributed by atoms with van der Waals surface area (Å²) in [7, 11) is 0. The van der Waals surface area contributed by atoms with Gasteiger partial charge in [0.25, 0.3) is 5.91 Å². The average molecular weight is 296 g/mol. The number of aryl methyl sites for hydroxylation is 1. The van der Waals surface area contributed by atoms with Crippen molar-refractivity contribution in [2.75, 3.05) is 18.0 Å². The van der Waals surface area contributed by atoms with E-state index in [0.29, 0.717) is 24.7 Å². The molecule has 1 aromatic heterocycles. The van der Waals surface area contributed by atoms with E-state index in [4.69, 9.17) is 5.73 Å². The molecule has 5 heteroatoms.